The van der Waals surface area contributed by atoms with Gasteiger partial charge < -0.3 is 10.5 Å². The van der Waals surface area contributed by atoms with E-state index in [1.54, 1.807) is 0 Å². The van der Waals surface area contributed by atoms with Crippen molar-refractivity contribution in [2.45, 2.75) is 51.5 Å². The Kier molecular flexibility index (Phi) is 7.19. The number of rotatable bonds is 8. The van der Waals surface area contributed by atoms with E-state index in [0.29, 0.717) is 6.42 Å². The van der Waals surface area contributed by atoms with Crippen LogP contribution in [0, 0.1) is 0 Å². The first-order valence-electron chi connectivity index (χ1n) is 7.08. The van der Waals surface area contributed by atoms with Gasteiger partial charge in [-0.1, -0.05) is 50.5 Å². The molecular formula is C16H25NO2. The van der Waals surface area contributed by atoms with Crippen molar-refractivity contribution in [2.75, 3.05) is 7.11 Å². The second-order valence-electron chi connectivity index (χ2n) is 4.92. The maximum atomic E-state index is 11.1. The van der Waals surface area contributed by atoms with Gasteiger partial charge in [-0.3, -0.25) is 4.79 Å². The van der Waals surface area contributed by atoms with Crippen LogP contribution in [0.25, 0.3) is 0 Å². The summed E-state index contributed by atoms with van der Waals surface area (Å²) in [4.78, 5) is 11.1. The van der Waals surface area contributed by atoms with Crippen LogP contribution < -0.4 is 5.73 Å². The molecule has 1 unspecified atom stereocenters. The number of carbonyl (C=O) groups excluding carboxylic acids is 1. The zero-order chi connectivity index (χ0) is 14.1. The fourth-order valence-electron chi connectivity index (χ4n) is 2.06. The molecule has 2 N–H and O–H groups in total. The summed E-state index contributed by atoms with van der Waals surface area (Å²) in [6.07, 6.45) is 5.83. The highest BCUT2D eigenvalue weighted by Gasteiger charge is 2.06. The van der Waals surface area contributed by atoms with Crippen LogP contribution in [0.2, 0.25) is 0 Å². The van der Waals surface area contributed by atoms with E-state index >= 15 is 0 Å². The summed E-state index contributed by atoms with van der Waals surface area (Å²) >= 11 is 0. The molecule has 1 atom stereocenters. The van der Waals surface area contributed by atoms with E-state index in [2.05, 4.69) is 35.9 Å². The first kappa shape index (κ1) is 15.7. The van der Waals surface area contributed by atoms with Crippen molar-refractivity contribution >= 4 is 5.97 Å². The highest BCUT2D eigenvalue weighted by atomic mass is 16.5. The lowest BCUT2D eigenvalue weighted by Crippen LogP contribution is -2.10. The second-order valence-corrected chi connectivity index (χ2v) is 4.92. The van der Waals surface area contributed by atoms with Crippen molar-refractivity contribution in [1.29, 1.82) is 0 Å². The Labute approximate surface area is 116 Å². The normalized spacial score (nSPS) is 12.2. The summed E-state index contributed by atoms with van der Waals surface area (Å²) in [5.74, 6) is -0.166. The Bertz CT molecular complexity index is 373. The molecule has 0 aliphatic heterocycles. The van der Waals surface area contributed by atoms with Gasteiger partial charge in [0.1, 0.15) is 0 Å². The average molecular weight is 263 g/mol. The van der Waals surface area contributed by atoms with Crippen molar-refractivity contribution in [3.8, 4) is 0 Å². The monoisotopic (exact) mass is 263 g/mol. The first-order valence-corrected chi connectivity index (χ1v) is 7.08. The quantitative estimate of drug-likeness (QED) is 0.578. The van der Waals surface area contributed by atoms with Crippen LogP contribution in [-0.4, -0.2) is 13.1 Å². The van der Waals surface area contributed by atoms with Crippen molar-refractivity contribution in [3.05, 3.63) is 35.4 Å². The third-order valence-corrected chi connectivity index (χ3v) is 3.37. The Morgan fingerprint density at radius 3 is 2.53 bits per heavy atom. The van der Waals surface area contributed by atoms with E-state index in [0.717, 1.165) is 18.4 Å². The largest absolute Gasteiger partial charge is 0.469 e. The fraction of sp³-hybridized carbons (Fsp3) is 0.562. The highest BCUT2D eigenvalue weighted by molar-refractivity contribution is 5.69. The number of unbranched alkanes of at least 4 members (excludes halogenated alkanes) is 2. The molecule has 1 aromatic rings. The van der Waals surface area contributed by atoms with E-state index in [-0.39, 0.29) is 12.0 Å². The van der Waals surface area contributed by atoms with E-state index in [1.165, 1.54) is 31.9 Å². The molecule has 106 valence electrons. The number of esters is 1. The fourth-order valence-corrected chi connectivity index (χ4v) is 2.06. The summed E-state index contributed by atoms with van der Waals surface area (Å²) in [6.45, 7) is 2.20. The summed E-state index contributed by atoms with van der Waals surface area (Å²) in [7, 11) is 1.42. The molecule has 0 saturated heterocycles. The maximum Gasteiger partial charge on any atom is 0.305 e. The summed E-state index contributed by atoms with van der Waals surface area (Å²) in [5, 5.41) is 0. The number of carbonyl (C=O) groups is 1. The minimum atomic E-state index is -0.166. The Morgan fingerprint density at radius 1 is 1.26 bits per heavy atom. The van der Waals surface area contributed by atoms with Gasteiger partial charge >= 0.3 is 5.97 Å². The highest BCUT2D eigenvalue weighted by Crippen LogP contribution is 2.18. The van der Waals surface area contributed by atoms with Crippen molar-refractivity contribution in [1.82, 2.24) is 0 Å². The number of aryl methyl sites for hydroxylation is 1. The molecule has 1 rings (SSSR count). The minimum absolute atomic E-state index is 0.126. The van der Waals surface area contributed by atoms with E-state index in [9.17, 15) is 4.79 Å². The molecule has 0 fully saturated rings. The average Bonchev–Trinajstić information content (AvgIpc) is 2.45. The molecule has 0 saturated carbocycles. The number of hydrogen-bond acceptors (Lipinski definition) is 3. The van der Waals surface area contributed by atoms with Crippen LogP contribution in [0.4, 0.5) is 0 Å². The van der Waals surface area contributed by atoms with Crippen LogP contribution in [0.15, 0.2) is 24.3 Å². The lowest BCUT2D eigenvalue weighted by Gasteiger charge is -2.12. The van der Waals surface area contributed by atoms with Crippen LogP contribution in [-0.2, 0) is 16.0 Å². The van der Waals surface area contributed by atoms with Gasteiger partial charge in [0.05, 0.1) is 7.11 Å². The SMILES string of the molecule is CCCCCC(N)c1ccc(CCC(=O)OC)cc1. The van der Waals surface area contributed by atoms with Gasteiger partial charge in [-0.05, 0) is 24.0 Å². The van der Waals surface area contributed by atoms with E-state index in [4.69, 9.17) is 5.73 Å². The topological polar surface area (TPSA) is 52.3 Å². The molecule has 0 spiro atoms. The van der Waals surface area contributed by atoms with E-state index < -0.39 is 0 Å². The van der Waals surface area contributed by atoms with Gasteiger partial charge in [0.15, 0.2) is 0 Å². The summed E-state index contributed by atoms with van der Waals surface area (Å²) in [5.41, 5.74) is 8.48. The number of nitrogens with two attached hydrogens (primary N) is 1. The molecule has 0 bridgehead atoms. The molecule has 3 heteroatoms. The molecular weight excluding hydrogens is 238 g/mol. The van der Waals surface area contributed by atoms with Crippen LogP contribution in [0.5, 0.6) is 0 Å². The van der Waals surface area contributed by atoms with Crippen molar-refractivity contribution in [3.63, 3.8) is 0 Å². The summed E-state index contributed by atoms with van der Waals surface area (Å²) in [6, 6.07) is 8.38. The van der Waals surface area contributed by atoms with E-state index in [1.807, 2.05) is 0 Å². The predicted octanol–water partition coefficient (Wildman–Crippen LogP) is 3.37. The molecule has 0 aromatic heterocycles. The molecule has 0 amide bonds. The van der Waals surface area contributed by atoms with Gasteiger partial charge in [0.25, 0.3) is 0 Å². The van der Waals surface area contributed by atoms with Crippen LogP contribution >= 0.6 is 0 Å². The number of benzene rings is 1. The lowest BCUT2D eigenvalue weighted by atomic mass is 9.99. The molecule has 3 nitrogen and oxygen atoms in total. The third-order valence-electron chi connectivity index (χ3n) is 3.37. The smallest absolute Gasteiger partial charge is 0.305 e. The second kappa shape index (κ2) is 8.70. The van der Waals surface area contributed by atoms with Gasteiger partial charge in [0.2, 0.25) is 0 Å². The van der Waals surface area contributed by atoms with Gasteiger partial charge in [-0.25, -0.2) is 0 Å². The molecule has 0 aliphatic rings. The standard InChI is InChI=1S/C16H25NO2/c1-3-4-5-6-15(17)14-10-7-13(8-11-14)9-12-16(18)19-2/h7-8,10-11,15H,3-6,9,12,17H2,1-2H3. The van der Waals surface area contributed by atoms with Crippen LogP contribution in [0.1, 0.15) is 56.2 Å². The predicted molar refractivity (Wildman–Crippen MR) is 77.8 cm³/mol. The Hall–Kier alpha value is -1.35. The first-order chi connectivity index (χ1) is 9.17. The van der Waals surface area contributed by atoms with Crippen molar-refractivity contribution in [2.24, 2.45) is 5.73 Å². The molecule has 0 heterocycles. The molecule has 0 aliphatic carbocycles. The lowest BCUT2D eigenvalue weighted by molar-refractivity contribution is -0.140. The zero-order valence-corrected chi connectivity index (χ0v) is 12.0. The number of ether oxygens (including phenoxy) is 1. The van der Waals surface area contributed by atoms with Crippen molar-refractivity contribution < 1.29 is 9.53 Å². The van der Waals surface area contributed by atoms with Crippen LogP contribution in [0.3, 0.4) is 0 Å². The van der Waals surface area contributed by atoms with Gasteiger partial charge in [-0.2, -0.15) is 0 Å². The molecule has 0 radical (unpaired) electrons. The maximum absolute atomic E-state index is 11.1. The van der Waals surface area contributed by atoms with Gasteiger partial charge in [-0.15, -0.1) is 0 Å². The Morgan fingerprint density at radius 2 is 1.95 bits per heavy atom. The van der Waals surface area contributed by atoms with Gasteiger partial charge in [0, 0.05) is 12.5 Å². The third kappa shape index (κ3) is 5.88. The molecule has 1 aromatic carbocycles. The molecule has 19 heavy (non-hydrogen) atoms. The number of methoxy groups -OCH3 is 1. The zero-order valence-electron chi connectivity index (χ0n) is 12.0. The summed E-state index contributed by atoms with van der Waals surface area (Å²) < 4.78 is 4.63. The Balaban J connectivity index is 2.44. The minimum Gasteiger partial charge on any atom is -0.469 e. The number of hydrogen-bond donors (Lipinski definition) is 1.